The quantitative estimate of drug-likeness (QED) is 0.917. The van der Waals surface area contributed by atoms with Gasteiger partial charge < -0.3 is 5.73 Å². The molecule has 0 aliphatic carbocycles. The van der Waals surface area contributed by atoms with Crippen molar-refractivity contribution in [3.8, 4) is 0 Å². The number of hydrogen-bond acceptors (Lipinski definition) is 2. The molecule has 122 valence electrons. The van der Waals surface area contributed by atoms with Gasteiger partial charge in [0.05, 0.1) is 0 Å². The van der Waals surface area contributed by atoms with Crippen molar-refractivity contribution in [3.63, 3.8) is 0 Å². The molecule has 0 radical (unpaired) electrons. The van der Waals surface area contributed by atoms with Crippen LogP contribution in [-0.2, 0) is 13.0 Å². The molecule has 23 heavy (non-hydrogen) atoms. The largest absolute Gasteiger partial charge is 0.327 e. The molecule has 0 bridgehead atoms. The number of nitrogens with zero attached hydrogens (tertiary/aromatic N) is 1. The van der Waals surface area contributed by atoms with E-state index < -0.39 is 0 Å². The van der Waals surface area contributed by atoms with Crippen molar-refractivity contribution < 1.29 is 0 Å². The molecule has 0 saturated carbocycles. The molecule has 1 aliphatic heterocycles. The van der Waals surface area contributed by atoms with Gasteiger partial charge in [0.2, 0.25) is 0 Å². The lowest BCUT2D eigenvalue weighted by atomic mass is 9.89. The summed E-state index contributed by atoms with van der Waals surface area (Å²) in [6.07, 6.45) is 2.18. The third kappa shape index (κ3) is 4.81. The van der Waals surface area contributed by atoms with E-state index in [9.17, 15) is 0 Å². The summed E-state index contributed by atoms with van der Waals surface area (Å²) in [5.41, 5.74) is 10.3. The fraction of sp³-hybridized carbons (Fsp3) is 0.400. The van der Waals surface area contributed by atoms with Crippen molar-refractivity contribution >= 4 is 11.6 Å². The van der Waals surface area contributed by atoms with Crippen LogP contribution in [0.15, 0.2) is 48.5 Å². The maximum absolute atomic E-state index is 6.31. The summed E-state index contributed by atoms with van der Waals surface area (Å²) in [5.74, 6) is 0.616. The number of likely N-dealkylation sites (tertiary alicyclic amines) is 1. The predicted molar refractivity (Wildman–Crippen MR) is 97.7 cm³/mol. The Morgan fingerprint density at radius 1 is 1.00 bits per heavy atom. The second-order valence-electron chi connectivity index (χ2n) is 6.87. The summed E-state index contributed by atoms with van der Waals surface area (Å²) in [6.45, 7) is 5.23. The van der Waals surface area contributed by atoms with Gasteiger partial charge in [-0.1, -0.05) is 53.6 Å². The van der Waals surface area contributed by atoms with Crippen LogP contribution in [-0.4, -0.2) is 24.0 Å². The molecule has 1 saturated heterocycles. The number of piperidine rings is 1. The van der Waals surface area contributed by atoms with E-state index in [4.69, 9.17) is 17.3 Å². The molecule has 2 N–H and O–H groups in total. The van der Waals surface area contributed by atoms with E-state index in [1.54, 1.807) is 0 Å². The maximum atomic E-state index is 6.31. The fourth-order valence-corrected chi connectivity index (χ4v) is 3.66. The highest BCUT2D eigenvalue weighted by Crippen LogP contribution is 2.23. The Labute approximate surface area is 144 Å². The second-order valence-corrected chi connectivity index (χ2v) is 7.31. The monoisotopic (exact) mass is 328 g/mol. The van der Waals surface area contributed by atoms with Crippen molar-refractivity contribution in [2.75, 3.05) is 13.1 Å². The van der Waals surface area contributed by atoms with Crippen molar-refractivity contribution in [1.29, 1.82) is 0 Å². The van der Waals surface area contributed by atoms with Crippen LogP contribution in [0.1, 0.15) is 23.1 Å². The Hall–Kier alpha value is -1.35. The van der Waals surface area contributed by atoms with Crippen LogP contribution in [0.5, 0.6) is 0 Å². The molecular weight excluding hydrogens is 304 g/mol. The maximum Gasteiger partial charge on any atom is 0.0406 e. The first-order valence-corrected chi connectivity index (χ1v) is 8.74. The smallest absolute Gasteiger partial charge is 0.0406 e. The van der Waals surface area contributed by atoms with E-state index in [0.29, 0.717) is 5.92 Å². The minimum Gasteiger partial charge on any atom is -0.327 e. The molecule has 3 heteroatoms. The summed E-state index contributed by atoms with van der Waals surface area (Å²) in [6, 6.07) is 17.3. The van der Waals surface area contributed by atoms with Gasteiger partial charge in [-0.15, -0.1) is 0 Å². The molecular formula is C20H25ClN2. The minimum absolute atomic E-state index is 0.270. The number of halogens is 1. The van der Waals surface area contributed by atoms with Crippen LogP contribution in [0.2, 0.25) is 5.02 Å². The molecule has 0 aromatic heterocycles. The normalized spacial score (nSPS) is 22.2. The van der Waals surface area contributed by atoms with Gasteiger partial charge in [0.15, 0.2) is 0 Å². The highest BCUT2D eigenvalue weighted by atomic mass is 35.5. The first-order chi connectivity index (χ1) is 11.1. The standard InChI is InChI=1S/C20H25ClN2/c1-15-2-4-17(5-3-15)12-23-13-18(11-20(22)14-23)10-16-6-8-19(21)9-7-16/h2-9,18,20H,10-14,22H2,1H3. The first-order valence-electron chi connectivity index (χ1n) is 8.36. The molecule has 3 rings (SSSR count). The lowest BCUT2D eigenvalue weighted by Gasteiger charge is -2.36. The van der Waals surface area contributed by atoms with Gasteiger partial charge in [-0.25, -0.2) is 0 Å². The molecule has 1 fully saturated rings. The van der Waals surface area contributed by atoms with E-state index in [1.807, 2.05) is 12.1 Å². The van der Waals surface area contributed by atoms with E-state index in [-0.39, 0.29) is 6.04 Å². The van der Waals surface area contributed by atoms with Gasteiger partial charge in [0.25, 0.3) is 0 Å². The van der Waals surface area contributed by atoms with Gasteiger partial charge in [0, 0.05) is 30.7 Å². The Kier molecular flexibility index (Phi) is 5.37. The molecule has 2 atom stereocenters. The summed E-state index contributed by atoms with van der Waals surface area (Å²) in [7, 11) is 0. The van der Waals surface area contributed by atoms with Crippen molar-refractivity contribution in [2.24, 2.45) is 11.7 Å². The number of aryl methyl sites for hydroxylation is 1. The molecule has 0 amide bonds. The number of benzene rings is 2. The molecule has 0 spiro atoms. The fourth-order valence-electron chi connectivity index (χ4n) is 3.53. The van der Waals surface area contributed by atoms with E-state index in [1.165, 1.54) is 16.7 Å². The third-order valence-corrected chi connectivity index (χ3v) is 4.86. The molecule has 2 nitrogen and oxygen atoms in total. The number of rotatable bonds is 4. The van der Waals surface area contributed by atoms with Crippen LogP contribution in [0.3, 0.4) is 0 Å². The lowest BCUT2D eigenvalue weighted by Crippen LogP contribution is -2.47. The Morgan fingerprint density at radius 3 is 2.35 bits per heavy atom. The zero-order chi connectivity index (χ0) is 16.2. The van der Waals surface area contributed by atoms with Gasteiger partial charge in [-0.2, -0.15) is 0 Å². The Morgan fingerprint density at radius 2 is 1.65 bits per heavy atom. The lowest BCUT2D eigenvalue weighted by molar-refractivity contribution is 0.149. The van der Waals surface area contributed by atoms with Crippen LogP contribution < -0.4 is 5.73 Å². The van der Waals surface area contributed by atoms with Gasteiger partial charge in [0.1, 0.15) is 0 Å². The summed E-state index contributed by atoms with van der Waals surface area (Å²) < 4.78 is 0. The summed E-state index contributed by atoms with van der Waals surface area (Å²) in [4.78, 5) is 2.50. The van der Waals surface area contributed by atoms with Crippen LogP contribution in [0.25, 0.3) is 0 Å². The molecule has 1 aliphatic rings. The average molecular weight is 329 g/mol. The van der Waals surface area contributed by atoms with E-state index in [0.717, 1.165) is 37.5 Å². The molecule has 1 heterocycles. The highest BCUT2D eigenvalue weighted by Gasteiger charge is 2.25. The number of hydrogen-bond donors (Lipinski definition) is 1. The Bertz CT molecular complexity index is 566. The zero-order valence-electron chi connectivity index (χ0n) is 13.7. The Balaban J connectivity index is 1.62. The summed E-state index contributed by atoms with van der Waals surface area (Å²) in [5, 5.41) is 0.801. The first kappa shape index (κ1) is 16.5. The summed E-state index contributed by atoms with van der Waals surface area (Å²) >= 11 is 5.97. The third-order valence-electron chi connectivity index (χ3n) is 4.61. The topological polar surface area (TPSA) is 29.3 Å². The van der Waals surface area contributed by atoms with Crippen molar-refractivity contribution in [3.05, 3.63) is 70.2 Å². The predicted octanol–water partition coefficient (Wildman–Crippen LogP) is 4.04. The van der Waals surface area contributed by atoms with E-state index in [2.05, 4.69) is 48.2 Å². The SMILES string of the molecule is Cc1ccc(CN2CC(N)CC(Cc3ccc(Cl)cc3)C2)cc1. The van der Waals surface area contributed by atoms with Gasteiger partial charge in [-0.3, -0.25) is 4.90 Å². The highest BCUT2D eigenvalue weighted by molar-refractivity contribution is 6.30. The molecule has 2 aromatic rings. The minimum atomic E-state index is 0.270. The van der Waals surface area contributed by atoms with Gasteiger partial charge >= 0.3 is 0 Å². The number of nitrogens with two attached hydrogens (primary N) is 1. The van der Waals surface area contributed by atoms with Crippen molar-refractivity contribution in [1.82, 2.24) is 4.90 Å². The van der Waals surface area contributed by atoms with Gasteiger partial charge in [-0.05, 0) is 48.9 Å². The zero-order valence-corrected chi connectivity index (χ0v) is 14.5. The molecule has 2 unspecified atom stereocenters. The van der Waals surface area contributed by atoms with Crippen molar-refractivity contribution in [2.45, 2.75) is 32.4 Å². The van der Waals surface area contributed by atoms with E-state index >= 15 is 0 Å². The second kappa shape index (κ2) is 7.48. The van der Waals surface area contributed by atoms with Crippen LogP contribution >= 0.6 is 11.6 Å². The average Bonchev–Trinajstić information content (AvgIpc) is 2.51. The molecule has 2 aromatic carbocycles. The van der Waals surface area contributed by atoms with Crippen LogP contribution in [0.4, 0.5) is 0 Å². The van der Waals surface area contributed by atoms with Crippen LogP contribution in [0, 0.1) is 12.8 Å².